The smallest absolute Gasteiger partial charge is 0.317 e. The maximum Gasteiger partial charge on any atom is 0.317 e. The second-order valence-electron chi connectivity index (χ2n) is 5.27. The predicted molar refractivity (Wildman–Crippen MR) is 89.8 cm³/mol. The molecule has 5 nitrogen and oxygen atoms in total. The van der Waals surface area contributed by atoms with E-state index in [4.69, 9.17) is 0 Å². The van der Waals surface area contributed by atoms with Crippen molar-refractivity contribution >= 4 is 17.8 Å². The quantitative estimate of drug-likeness (QED) is 0.625. The molecule has 2 amide bonds. The number of hydrogen-bond donors (Lipinski definition) is 1. The summed E-state index contributed by atoms with van der Waals surface area (Å²) in [6, 6.07) is 6.34. The molecule has 1 N–H and O–H groups in total. The summed E-state index contributed by atoms with van der Waals surface area (Å²) in [4.78, 5) is 14.6. The lowest BCUT2D eigenvalue weighted by molar-refractivity contribution is 0.207. The van der Waals surface area contributed by atoms with Crippen molar-refractivity contribution in [1.29, 1.82) is 0 Å². The molecule has 0 saturated carbocycles. The zero-order valence-electron chi connectivity index (χ0n) is 13.3. The van der Waals surface area contributed by atoms with Gasteiger partial charge in [0.15, 0.2) is 0 Å². The summed E-state index contributed by atoms with van der Waals surface area (Å²) in [6.07, 6.45) is 4.50. The average molecular weight is 336 g/mol. The second kappa shape index (κ2) is 8.57. The van der Waals surface area contributed by atoms with Gasteiger partial charge in [0.05, 0.1) is 12.7 Å². The van der Waals surface area contributed by atoms with Gasteiger partial charge in [-0.3, -0.25) is 4.68 Å². The van der Waals surface area contributed by atoms with E-state index in [-0.39, 0.29) is 11.8 Å². The van der Waals surface area contributed by atoms with Crippen LogP contribution in [0.25, 0.3) is 0 Å². The molecule has 0 radical (unpaired) electrons. The van der Waals surface area contributed by atoms with E-state index in [9.17, 15) is 9.18 Å². The summed E-state index contributed by atoms with van der Waals surface area (Å²) >= 11 is 1.65. The third kappa shape index (κ3) is 5.94. The number of carbonyl (C=O) groups is 1. The zero-order valence-corrected chi connectivity index (χ0v) is 14.1. The van der Waals surface area contributed by atoms with E-state index < -0.39 is 0 Å². The standard InChI is InChI=1S/C16H21FN4OS/c1-20(11-13-10-19-21(2)12-13)16(22)18-8-3-9-23-15-6-4-14(17)5-7-15/h4-7,10,12H,3,8-9,11H2,1-2H3,(H,18,22). The highest BCUT2D eigenvalue weighted by Crippen LogP contribution is 2.18. The minimum Gasteiger partial charge on any atom is -0.338 e. The van der Waals surface area contributed by atoms with Gasteiger partial charge in [-0.1, -0.05) is 0 Å². The van der Waals surface area contributed by atoms with Gasteiger partial charge in [0.25, 0.3) is 0 Å². The number of amides is 2. The molecule has 0 spiro atoms. The second-order valence-corrected chi connectivity index (χ2v) is 6.43. The summed E-state index contributed by atoms with van der Waals surface area (Å²) < 4.78 is 14.5. The van der Waals surface area contributed by atoms with Crippen molar-refractivity contribution in [2.24, 2.45) is 7.05 Å². The van der Waals surface area contributed by atoms with Crippen LogP contribution in [-0.2, 0) is 13.6 Å². The molecule has 0 aliphatic rings. The van der Waals surface area contributed by atoms with Gasteiger partial charge in [0, 0.05) is 37.3 Å². The third-order valence-electron chi connectivity index (χ3n) is 3.20. The van der Waals surface area contributed by atoms with Crippen LogP contribution in [0.1, 0.15) is 12.0 Å². The minimum atomic E-state index is -0.224. The van der Waals surface area contributed by atoms with E-state index in [1.165, 1.54) is 12.1 Å². The van der Waals surface area contributed by atoms with E-state index >= 15 is 0 Å². The highest BCUT2D eigenvalue weighted by Gasteiger charge is 2.09. The molecule has 1 aromatic heterocycles. The molecule has 2 rings (SSSR count). The lowest BCUT2D eigenvalue weighted by Crippen LogP contribution is -2.37. The van der Waals surface area contributed by atoms with Gasteiger partial charge in [-0.25, -0.2) is 9.18 Å². The highest BCUT2D eigenvalue weighted by atomic mass is 32.2. The first-order valence-electron chi connectivity index (χ1n) is 7.39. The van der Waals surface area contributed by atoms with E-state index in [0.717, 1.165) is 22.6 Å². The van der Waals surface area contributed by atoms with Crippen LogP contribution in [0, 0.1) is 5.82 Å². The van der Waals surface area contributed by atoms with Crippen LogP contribution in [0.3, 0.4) is 0 Å². The van der Waals surface area contributed by atoms with Crippen LogP contribution in [0.4, 0.5) is 9.18 Å². The van der Waals surface area contributed by atoms with Crippen LogP contribution < -0.4 is 5.32 Å². The number of hydrogen-bond acceptors (Lipinski definition) is 3. The first kappa shape index (κ1) is 17.3. The van der Waals surface area contributed by atoms with Crippen LogP contribution in [0.5, 0.6) is 0 Å². The molecule has 0 aliphatic carbocycles. The van der Waals surface area contributed by atoms with Crippen LogP contribution >= 0.6 is 11.8 Å². The molecular formula is C16H21FN4OS. The molecule has 0 saturated heterocycles. The van der Waals surface area contributed by atoms with Crippen LogP contribution in [-0.4, -0.2) is 40.1 Å². The van der Waals surface area contributed by atoms with Gasteiger partial charge < -0.3 is 10.2 Å². The maximum absolute atomic E-state index is 12.8. The maximum atomic E-state index is 12.8. The summed E-state index contributed by atoms with van der Waals surface area (Å²) in [7, 11) is 3.61. The number of nitrogens with zero attached hydrogens (tertiary/aromatic N) is 3. The fourth-order valence-corrected chi connectivity index (χ4v) is 2.88. The summed E-state index contributed by atoms with van der Waals surface area (Å²) in [5.41, 5.74) is 0.997. The highest BCUT2D eigenvalue weighted by molar-refractivity contribution is 7.99. The Kier molecular flexibility index (Phi) is 6.46. The third-order valence-corrected chi connectivity index (χ3v) is 4.30. The van der Waals surface area contributed by atoms with Gasteiger partial charge in [0.1, 0.15) is 5.82 Å². The Morgan fingerprint density at radius 3 is 2.78 bits per heavy atom. The number of urea groups is 1. The van der Waals surface area contributed by atoms with Crippen molar-refractivity contribution < 1.29 is 9.18 Å². The van der Waals surface area contributed by atoms with Gasteiger partial charge in [-0.15, -0.1) is 11.8 Å². The van der Waals surface area contributed by atoms with Crippen molar-refractivity contribution in [1.82, 2.24) is 20.0 Å². The molecule has 2 aromatic rings. The molecule has 124 valence electrons. The lowest BCUT2D eigenvalue weighted by Gasteiger charge is -2.17. The average Bonchev–Trinajstić information content (AvgIpc) is 2.93. The normalized spacial score (nSPS) is 10.6. The molecule has 0 atom stereocenters. The number of halogens is 1. The van der Waals surface area contributed by atoms with Crippen LogP contribution in [0.2, 0.25) is 0 Å². The van der Waals surface area contributed by atoms with Crippen molar-refractivity contribution in [2.45, 2.75) is 17.9 Å². The minimum absolute atomic E-state index is 0.0966. The largest absolute Gasteiger partial charge is 0.338 e. The number of benzene rings is 1. The van der Waals surface area contributed by atoms with Crippen molar-refractivity contribution in [3.8, 4) is 0 Å². The Morgan fingerprint density at radius 1 is 1.39 bits per heavy atom. The number of aryl methyl sites for hydroxylation is 1. The number of nitrogens with one attached hydrogen (secondary N) is 1. The van der Waals surface area contributed by atoms with Crippen molar-refractivity contribution in [2.75, 3.05) is 19.3 Å². The fourth-order valence-electron chi connectivity index (χ4n) is 2.02. The SMILES string of the molecule is CN(Cc1cnn(C)c1)C(=O)NCCCSc1ccc(F)cc1. The summed E-state index contributed by atoms with van der Waals surface area (Å²) in [6.45, 7) is 1.15. The lowest BCUT2D eigenvalue weighted by atomic mass is 10.3. The fraction of sp³-hybridized carbons (Fsp3) is 0.375. The monoisotopic (exact) mass is 336 g/mol. The van der Waals surface area contributed by atoms with E-state index in [2.05, 4.69) is 10.4 Å². The molecule has 0 bridgehead atoms. The Hall–Kier alpha value is -2.02. The Morgan fingerprint density at radius 2 is 2.13 bits per heavy atom. The number of carbonyl (C=O) groups excluding carboxylic acids is 1. The van der Waals surface area contributed by atoms with Gasteiger partial charge in [0.2, 0.25) is 0 Å². The first-order valence-corrected chi connectivity index (χ1v) is 8.38. The Balaban J connectivity index is 1.61. The first-order chi connectivity index (χ1) is 11.0. The van der Waals surface area contributed by atoms with E-state index in [0.29, 0.717) is 13.1 Å². The van der Waals surface area contributed by atoms with Crippen molar-refractivity contribution in [3.63, 3.8) is 0 Å². The van der Waals surface area contributed by atoms with Crippen LogP contribution in [0.15, 0.2) is 41.6 Å². The van der Waals surface area contributed by atoms with Crippen molar-refractivity contribution in [3.05, 3.63) is 48.0 Å². The van der Waals surface area contributed by atoms with Gasteiger partial charge in [-0.2, -0.15) is 5.10 Å². The summed E-state index contributed by atoms with van der Waals surface area (Å²) in [5.74, 6) is 0.649. The number of aromatic nitrogens is 2. The topological polar surface area (TPSA) is 50.2 Å². The summed E-state index contributed by atoms with van der Waals surface area (Å²) in [5, 5.41) is 6.97. The molecule has 1 aromatic carbocycles. The molecule has 0 aliphatic heterocycles. The Bertz CT molecular complexity index is 629. The van der Waals surface area contributed by atoms with Gasteiger partial charge in [-0.05, 0) is 36.4 Å². The van der Waals surface area contributed by atoms with Gasteiger partial charge >= 0.3 is 6.03 Å². The molecule has 0 unspecified atom stereocenters. The molecular weight excluding hydrogens is 315 g/mol. The molecule has 0 fully saturated rings. The van der Waals surface area contributed by atoms with E-state index in [1.807, 2.05) is 13.2 Å². The predicted octanol–water partition coefficient (Wildman–Crippen LogP) is 2.88. The number of rotatable bonds is 7. The molecule has 1 heterocycles. The molecule has 7 heteroatoms. The number of thioether (sulfide) groups is 1. The Labute approximate surface area is 139 Å². The van der Waals surface area contributed by atoms with E-state index in [1.54, 1.807) is 46.7 Å². The zero-order chi connectivity index (χ0) is 16.7. The molecule has 23 heavy (non-hydrogen) atoms.